The molecule has 5 nitrogen and oxygen atoms in total. The number of benzene rings is 1. The second kappa shape index (κ2) is 5.05. The molecule has 0 saturated carbocycles. The van der Waals surface area contributed by atoms with Crippen molar-refractivity contribution in [2.45, 2.75) is 4.90 Å². The van der Waals surface area contributed by atoms with E-state index in [1.165, 1.54) is 18.3 Å². The van der Waals surface area contributed by atoms with Gasteiger partial charge in [0, 0.05) is 16.4 Å². The van der Waals surface area contributed by atoms with Crippen LogP contribution in [0.2, 0.25) is 0 Å². The zero-order chi connectivity index (χ0) is 13.2. The maximum Gasteiger partial charge on any atom is 0.241 e. The van der Waals surface area contributed by atoms with Crippen molar-refractivity contribution >= 4 is 37.5 Å². The number of nitrogens with one attached hydrogen (secondary N) is 1. The first-order valence-corrected chi connectivity index (χ1v) is 7.31. The van der Waals surface area contributed by atoms with E-state index in [1.807, 2.05) is 18.2 Å². The molecule has 3 N–H and O–H groups in total. The van der Waals surface area contributed by atoms with Gasteiger partial charge in [0.25, 0.3) is 0 Å². The minimum absolute atomic E-state index is 0.0371. The second-order valence-electron chi connectivity index (χ2n) is 3.53. The van der Waals surface area contributed by atoms with Gasteiger partial charge in [-0.3, -0.25) is 0 Å². The molecular weight excluding hydrogens is 318 g/mol. The van der Waals surface area contributed by atoms with Crippen LogP contribution in [0.5, 0.6) is 0 Å². The molecule has 7 heteroatoms. The summed E-state index contributed by atoms with van der Waals surface area (Å²) in [7, 11) is -3.80. The number of hydrogen-bond donors (Lipinski definition) is 2. The normalized spacial score (nSPS) is 11.2. The number of primary sulfonamides is 1. The first kappa shape index (κ1) is 13.0. The minimum atomic E-state index is -3.80. The van der Waals surface area contributed by atoms with Crippen LogP contribution in [0.1, 0.15) is 0 Å². The van der Waals surface area contributed by atoms with Crippen molar-refractivity contribution in [2.24, 2.45) is 5.14 Å². The summed E-state index contributed by atoms with van der Waals surface area (Å²) in [4.78, 5) is 3.95. The highest BCUT2D eigenvalue weighted by atomic mass is 79.9. The summed E-state index contributed by atoms with van der Waals surface area (Å²) in [5, 5.41) is 8.04. The van der Waals surface area contributed by atoms with Crippen LogP contribution in [0.25, 0.3) is 0 Å². The average molecular weight is 328 g/mol. The fourth-order valence-electron chi connectivity index (χ4n) is 1.42. The summed E-state index contributed by atoms with van der Waals surface area (Å²) in [5.41, 5.74) is 0.716. The fourth-order valence-corrected chi connectivity index (χ4v) is 2.46. The summed E-state index contributed by atoms with van der Waals surface area (Å²) in [6.45, 7) is 0. The third kappa shape index (κ3) is 3.06. The molecule has 0 spiro atoms. The summed E-state index contributed by atoms with van der Waals surface area (Å²) in [6.07, 6.45) is 1.50. The first-order valence-electron chi connectivity index (χ1n) is 4.97. The molecule has 0 bridgehead atoms. The Kier molecular flexibility index (Phi) is 3.65. The summed E-state index contributed by atoms with van der Waals surface area (Å²) in [6, 6.07) is 10.2. The lowest BCUT2D eigenvalue weighted by Crippen LogP contribution is -2.14. The second-order valence-corrected chi connectivity index (χ2v) is 5.98. The molecule has 0 aliphatic rings. The molecular formula is C11H10BrN3O2S. The summed E-state index contributed by atoms with van der Waals surface area (Å²) >= 11 is 3.33. The Morgan fingerprint density at radius 1 is 1.22 bits per heavy atom. The smallest absolute Gasteiger partial charge is 0.241 e. The van der Waals surface area contributed by atoms with Crippen molar-refractivity contribution in [1.29, 1.82) is 0 Å². The maximum atomic E-state index is 11.4. The van der Waals surface area contributed by atoms with Crippen LogP contribution in [0.4, 0.5) is 11.5 Å². The number of rotatable bonds is 3. The number of nitrogens with two attached hydrogens (primary N) is 1. The molecule has 0 aliphatic carbocycles. The van der Waals surface area contributed by atoms with Crippen LogP contribution in [0.3, 0.4) is 0 Å². The van der Waals surface area contributed by atoms with E-state index >= 15 is 0 Å². The third-order valence-electron chi connectivity index (χ3n) is 2.16. The van der Waals surface area contributed by atoms with Gasteiger partial charge in [0.1, 0.15) is 4.90 Å². The molecule has 0 fully saturated rings. The minimum Gasteiger partial charge on any atom is -0.339 e. The van der Waals surface area contributed by atoms with Crippen molar-refractivity contribution in [1.82, 2.24) is 4.98 Å². The van der Waals surface area contributed by atoms with E-state index in [-0.39, 0.29) is 10.7 Å². The van der Waals surface area contributed by atoms with E-state index < -0.39 is 10.0 Å². The highest BCUT2D eigenvalue weighted by molar-refractivity contribution is 9.10. The number of pyridine rings is 1. The molecule has 1 aromatic carbocycles. The molecule has 2 rings (SSSR count). The van der Waals surface area contributed by atoms with Crippen LogP contribution in [0, 0.1) is 0 Å². The van der Waals surface area contributed by atoms with Crippen LogP contribution < -0.4 is 10.5 Å². The molecule has 0 saturated heterocycles. The molecule has 0 unspecified atom stereocenters. The number of sulfonamides is 1. The van der Waals surface area contributed by atoms with Gasteiger partial charge in [-0.05, 0) is 30.3 Å². The first-order chi connectivity index (χ1) is 8.47. The van der Waals surface area contributed by atoms with Gasteiger partial charge in [-0.1, -0.05) is 22.0 Å². The number of nitrogens with zero attached hydrogens (tertiary/aromatic N) is 1. The van der Waals surface area contributed by atoms with E-state index in [1.54, 1.807) is 6.07 Å². The van der Waals surface area contributed by atoms with Gasteiger partial charge in [-0.2, -0.15) is 0 Å². The van der Waals surface area contributed by atoms with Crippen LogP contribution in [0.15, 0.2) is 52.0 Å². The lowest BCUT2D eigenvalue weighted by Gasteiger charge is -2.09. The monoisotopic (exact) mass is 327 g/mol. The number of halogens is 1. The van der Waals surface area contributed by atoms with Gasteiger partial charge in [-0.25, -0.2) is 18.5 Å². The van der Waals surface area contributed by atoms with Crippen LogP contribution >= 0.6 is 15.9 Å². The quantitative estimate of drug-likeness (QED) is 0.905. The van der Waals surface area contributed by atoms with E-state index in [0.29, 0.717) is 5.69 Å². The molecule has 2 aromatic rings. The van der Waals surface area contributed by atoms with Crippen LogP contribution in [-0.2, 0) is 10.0 Å². The molecule has 18 heavy (non-hydrogen) atoms. The summed E-state index contributed by atoms with van der Waals surface area (Å²) < 4.78 is 23.7. The molecule has 1 heterocycles. The standard InChI is InChI=1S/C11H10BrN3O2S/c12-8-3-1-4-9(7-8)15-11-10(18(13,16)17)5-2-6-14-11/h1-7H,(H,14,15)(H2,13,16,17). The topological polar surface area (TPSA) is 85.1 Å². The zero-order valence-corrected chi connectivity index (χ0v) is 11.6. The highest BCUT2D eigenvalue weighted by Gasteiger charge is 2.14. The number of anilines is 2. The zero-order valence-electron chi connectivity index (χ0n) is 9.17. The fraction of sp³-hybridized carbons (Fsp3) is 0. The lowest BCUT2D eigenvalue weighted by molar-refractivity contribution is 0.598. The third-order valence-corrected chi connectivity index (χ3v) is 3.60. The Hall–Kier alpha value is -1.44. The van der Waals surface area contributed by atoms with Crippen molar-refractivity contribution in [3.8, 4) is 0 Å². The predicted molar refractivity (Wildman–Crippen MR) is 73.0 cm³/mol. The number of aromatic nitrogens is 1. The molecule has 0 aliphatic heterocycles. The maximum absolute atomic E-state index is 11.4. The molecule has 0 atom stereocenters. The van der Waals surface area contributed by atoms with Gasteiger partial charge < -0.3 is 5.32 Å². The Bertz CT molecular complexity index is 673. The van der Waals surface area contributed by atoms with Gasteiger partial charge >= 0.3 is 0 Å². The van der Waals surface area contributed by atoms with E-state index in [2.05, 4.69) is 26.2 Å². The predicted octanol–water partition coefficient (Wildman–Crippen LogP) is 2.24. The average Bonchev–Trinajstić information content (AvgIpc) is 2.28. The largest absolute Gasteiger partial charge is 0.339 e. The lowest BCUT2D eigenvalue weighted by atomic mass is 10.3. The number of hydrogen-bond acceptors (Lipinski definition) is 4. The summed E-state index contributed by atoms with van der Waals surface area (Å²) in [5.74, 6) is 0.207. The van der Waals surface area contributed by atoms with Crippen molar-refractivity contribution < 1.29 is 8.42 Å². The molecule has 1 aromatic heterocycles. The van der Waals surface area contributed by atoms with Gasteiger partial charge in [0.2, 0.25) is 10.0 Å². The van der Waals surface area contributed by atoms with Gasteiger partial charge in [-0.15, -0.1) is 0 Å². The van der Waals surface area contributed by atoms with E-state index in [0.717, 1.165) is 4.47 Å². The Morgan fingerprint density at radius 2 is 2.00 bits per heavy atom. The van der Waals surface area contributed by atoms with Crippen LogP contribution in [-0.4, -0.2) is 13.4 Å². The molecule has 0 amide bonds. The van der Waals surface area contributed by atoms with Crippen molar-refractivity contribution in [3.05, 3.63) is 47.1 Å². The van der Waals surface area contributed by atoms with Gasteiger partial charge in [0.05, 0.1) is 0 Å². The molecule has 94 valence electrons. The Morgan fingerprint density at radius 3 is 2.67 bits per heavy atom. The van der Waals surface area contributed by atoms with Gasteiger partial charge in [0.15, 0.2) is 5.82 Å². The Balaban J connectivity index is 2.41. The van der Waals surface area contributed by atoms with E-state index in [9.17, 15) is 8.42 Å². The SMILES string of the molecule is NS(=O)(=O)c1cccnc1Nc1cccc(Br)c1. The Labute approximate surface area is 113 Å². The van der Waals surface area contributed by atoms with Crippen molar-refractivity contribution in [2.75, 3.05) is 5.32 Å². The highest BCUT2D eigenvalue weighted by Crippen LogP contribution is 2.23. The van der Waals surface area contributed by atoms with E-state index in [4.69, 9.17) is 5.14 Å². The van der Waals surface area contributed by atoms with Crippen molar-refractivity contribution in [3.63, 3.8) is 0 Å². The molecule has 0 radical (unpaired) electrons.